The number of nitrogens with zero attached hydrogens (tertiary/aromatic N) is 3. The highest BCUT2D eigenvalue weighted by Gasteiger charge is 2.43. The molecule has 2 aromatic carbocycles. The molecule has 0 spiro atoms. The van der Waals surface area contributed by atoms with Gasteiger partial charge in [-0.15, -0.1) is 0 Å². The summed E-state index contributed by atoms with van der Waals surface area (Å²) in [5, 5.41) is 8.14. The van der Waals surface area contributed by atoms with Crippen LogP contribution < -0.4 is 15.4 Å². The molecule has 2 N–H and O–H groups in total. The van der Waals surface area contributed by atoms with Crippen molar-refractivity contribution in [2.24, 2.45) is 11.8 Å². The Kier molecular flexibility index (Phi) is 7.42. The SMILES string of the molecule is Cc1cc(Oc2ccc(NC(=O)NC3CC3C3CCCCC3)c3ccccc23)nc(CN2CCOCC2)n1. The second-order valence-electron chi connectivity index (χ2n) is 10.9. The molecule has 0 bridgehead atoms. The van der Waals surface area contributed by atoms with E-state index in [9.17, 15) is 4.79 Å². The smallest absolute Gasteiger partial charge is 0.319 e. The summed E-state index contributed by atoms with van der Waals surface area (Å²) in [6.45, 7) is 5.86. The number of nitrogens with one attached hydrogen (secondary N) is 2. The van der Waals surface area contributed by atoms with Gasteiger partial charge in [-0.25, -0.2) is 9.78 Å². The van der Waals surface area contributed by atoms with Gasteiger partial charge in [-0.05, 0) is 37.3 Å². The first kappa shape index (κ1) is 25.1. The van der Waals surface area contributed by atoms with Crippen LogP contribution in [0.3, 0.4) is 0 Å². The number of hydrogen-bond acceptors (Lipinski definition) is 6. The maximum atomic E-state index is 12.9. The third-order valence-electron chi connectivity index (χ3n) is 8.10. The number of anilines is 1. The molecular weight excluding hydrogens is 478 g/mol. The molecule has 200 valence electrons. The van der Waals surface area contributed by atoms with Crippen LogP contribution >= 0.6 is 0 Å². The van der Waals surface area contributed by atoms with E-state index in [1.165, 1.54) is 32.1 Å². The molecule has 3 aromatic rings. The summed E-state index contributed by atoms with van der Waals surface area (Å²) in [6.07, 6.45) is 7.78. The van der Waals surface area contributed by atoms with Crippen LogP contribution in [0.1, 0.15) is 50.0 Å². The molecule has 6 rings (SSSR count). The molecule has 0 radical (unpaired) electrons. The van der Waals surface area contributed by atoms with Crippen molar-refractivity contribution >= 4 is 22.5 Å². The quantitative estimate of drug-likeness (QED) is 0.423. The molecule has 3 aliphatic rings. The zero-order valence-corrected chi connectivity index (χ0v) is 22.1. The molecule has 1 aromatic heterocycles. The largest absolute Gasteiger partial charge is 0.438 e. The van der Waals surface area contributed by atoms with E-state index in [4.69, 9.17) is 14.5 Å². The normalized spacial score (nSPS) is 22.2. The lowest BCUT2D eigenvalue weighted by molar-refractivity contribution is 0.0330. The van der Waals surface area contributed by atoms with Crippen LogP contribution in [-0.2, 0) is 11.3 Å². The number of rotatable bonds is 7. The minimum atomic E-state index is -0.133. The fourth-order valence-electron chi connectivity index (χ4n) is 6.05. The zero-order chi connectivity index (χ0) is 25.9. The Balaban J connectivity index is 1.14. The van der Waals surface area contributed by atoms with Gasteiger partial charge < -0.3 is 20.1 Å². The van der Waals surface area contributed by atoms with Gasteiger partial charge in [-0.3, -0.25) is 4.90 Å². The second-order valence-corrected chi connectivity index (χ2v) is 10.9. The minimum absolute atomic E-state index is 0.133. The van der Waals surface area contributed by atoms with Crippen molar-refractivity contribution < 1.29 is 14.3 Å². The third kappa shape index (κ3) is 5.92. The van der Waals surface area contributed by atoms with Gasteiger partial charge in [0.25, 0.3) is 0 Å². The van der Waals surface area contributed by atoms with Crippen LogP contribution in [0.5, 0.6) is 11.6 Å². The van der Waals surface area contributed by atoms with E-state index in [0.717, 1.165) is 66.6 Å². The molecule has 2 atom stereocenters. The summed E-state index contributed by atoms with van der Waals surface area (Å²) >= 11 is 0. The molecule has 2 aliphatic carbocycles. The highest BCUT2D eigenvalue weighted by atomic mass is 16.5. The highest BCUT2D eigenvalue weighted by molar-refractivity contribution is 6.04. The number of urea groups is 1. The Labute approximate surface area is 224 Å². The van der Waals surface area contributed by atoms with Crippen LogP contribution in [0.4, 0.5) is 10.5 Å². The molecule has 3 fully saturated rings. The van der Waals surface area contributed by atoms with Crippen LogP contribution in [-0.4, -0.2) is 53.2 Å². The molecule has 2 unspecified atom stereocenters. The van der Waals surface area contributed by atoms with Crippen LogP contribution in [0, 0.1) is 18.8 Å². The Morgan fingerprint density at radius 3 is 2.66 bits per heavy atom. The summed E-state index contributed by atoms with van der Waals surface area (Å²) in [6, 6.07) is 13.8. The minimum Gasteiger partial charge on any atom is -0.438 e. The maximum Gasteiger partial charge on any atom is 0.319 e. The van der Waals surface area contributed by atoms with Gasteiger partial charge in [0.15, 0.2) is 0 Å². The van der Waals surface area contributed by atoms with Crippen molar-refractivity contribution in [2.45, 2.75) is 58.0 Å². The molecule has 2 heterocycles. The van der Waals surface area contributed by atoms with Crippen molar-refractivity contribution in [1.82, 2.24) is 20.2 Å². The first-order valence-corrected chi connectivity index (χ1v) is 14.0. The predicted molar refractivity (Wildman–Crippen MR) is 148 cm³/mol. The third-order valence-corrected chi connectivity index (χ3v) is 8.10. The summed E-state index contributed by atoms with van der Waals surface area (Å²) < 4.78 is 11.7. The van der Waals surface area contributed by atoms with E-state index in [0.29, 0.717) is 30.1 Å². The molecular formula is C30H37N5O3. The van der Waals surface area contributed by atoms with Gasteiger partial charge in [0, 0.05) is 41.7 Å². The van der Waals surface area contributed by atoms with E-state index in [2.05, 4.69) is 20.5 Å². The molecule has 2 amide bonds. The zero-order valence-electron chi connectivity index (χ0n) is 22.1. The highest BCUT2D eigenvalue weighted by Crippen LogP contribution is 2.44. The van der Waals surface area contributed by atoms with Gasteiger partial charge >= 0.3 is 6.03 Å². The van der Waals surface area contributed by atoms with Crippen molar-refractivity contribution in [3.8, 4) is 11.6 Å². The van der Waals surface area contributed by atoms with Crippen LogP contribution in [0.2, 0.25) is 0 Å². The Morgan fingerprint density at radius 1 is 1.05 bits per heavy atom. The molecule has 1 saturated heterocycles. The van der Waals surface area contributed by atoms with Gasteiger partial charge in [0.05, 0.1) is 25.4 Å². The maximum absolute atomic E-state index is 12.9. The summed E-state index contributed by atoms with van der Waals surface area (Å²) in [4.78, 5) is 24.5. The standard InChI is InChI=1S/C30H37N5O3/c1-20-17-29(34-28(31-20)19-35-13-15-37-16-14-35)38-27-12-11-25(22-9-5-6-10-23(22)27)32-30(36)33-26-18-24(26)21-7-3-2-4-8-21/h5-6,9-12,17,21,24,26H,2-4,7-8,13-16,18-19H2,1H3,(H2,32,33,36). The van der Waals surface area contributed by atoms with Crippen molar-refractivity contribution in [2.75, 3.05) is 31.6 Å². The topological polar surface area (TPSA) is 88.6 Å². The number of hydrogen-bond donors (Lipinski definition) is 2. The summed E-state index contributed by atoms with van der Waals surface area (Å²) in [7, 11) is 0. The molecule has 38 heavy (non-hydrogen) atoms. The number of carbonyl (C=O) groups is 1. The predicted octanol–water partition coefficient (Wildman–Crippen LogP) is 5.65. The van der Waals surface area contributed by atoms with Crippen LogP contribution in [0.25, 0.3) is 10.8 Å². The number of morpholine rings is 1. The molecule has 8 heteroatoms. The van der Waals surface area contributed by atoms with Gasteiger partial charge in [-0.2, -0.15) is 4.98 Å². The average molecular weight is 516 g/mol. The number of fused-ring (bicyclic) bond motifs is 1. The Bertz CT molecular complexity index is 1290. The lowest BCUT2D eigenvalue weighted by atomic mass is 9.85. The second kappa shape index (κ2) is 11.3. The first-order valence-electron chi connectivity index (χ1n) is 14.0. The van der Waals surface area contributed by atoms with Crippen LogP contribution in [0.15, 0.2) is 42.5 Å². The number of aryl methyl sites for hydroxylation is 1. The Hall–Kier alpha value is -3.23. The monoisotopic (exact) mass is 515 g/mol. The van der Waals surface area contributed by atoms with E-state index in [-0.39, 0.29) is 6.03 Å². The average Bonchev–Trinajstić information content (AvgIpc) is 3.70. The number of carbonyl (C=O) groups excluding carboxylic acids is 1. The van der Waals surface area contributed by atoms with Gasteiger partial charge in [0.2, 0.25) is 5.88 Å². The van der Waals surface area contributed by atoms with E-state index >= 15 is 0 Å². The lowest BCUT2D eigenvalue weighted by Crippen LogP contribution is -2.36. The first-order chi connectivity index (χ1) is 18.6. The number of aromatic nitrogens is 2. The lowest BCUT2D eigenvalue weighted by Gasteiger charge is -2.25. The Morgan fingerprint density at radius 2 is 1.84 bits per heavy atom. The molecule has 1 aliphatic heterocycles. The fraction of sp³-hybridized carbons (Fsp3) is 0.500. The fourth-order valence-corrected chi connectivity index (χ4v) is 6.05. The van der Waals surface area contributed by atoms with E-state index < -0.39 is 0 Å². The van der Waals surface area contributed by atoms with Crippen molar-refractivity contribution in [3.05, 3.63) is 54.0 Å². The van der Waals surface area contributed by atoms with E-state index in [1.54, 1.807) is 0 Å². The van der Waals surface area contributed by atoms with E-state index in [1.807, 2.05) is 49.4 Å². The van der Waals surface area contributed by atoms with Gasteiger partial charge in [0.1, 0.15) is 11.6 Å². The van der Waals surface area contributed by atoms with Gasteiger partial charge in [-0.1, -0.05) is 56.4 Å². The summed E-state index contributed by atoms with van der Waals surface area (Å²) in [5.74, 6) is 3.39. The number of amides is 2. The molecule has 8 nitrogen and oxygen atoms in total. The van der Waals surface area contributed by atoms with Crippen molar-refractivity contribution in [1.29, 1.82) is 0 Å². The number of ether oxygens (including phenoxy) is 2. The van der Waals surface area contributed by atoms with Crippen molar-refractivity contribution in [3.63, 3.8) is 0 Å². The number of benzene rings is 2. The summed E-state index contributed by atoms with van der Waals surface area (Å²) in [5.41, 5.74) is 1.64. The molecule has 2 saturated carbocycles.